The van der Waals surface area contributed by atoms with Crippen LogP contribution in [0.3, 0.4) is 0 Å². The predicted octanol–water partition coefficient (Wildman–Crippen LogP) is 5.92. The number of hydrogen-bond donors (Lipinski definition) is 1. The van der Waals surface area contributed by atoms with E-state index < -0.39 is 41.7 Å². The lowest BCUT2D eigenvalue weighted by Crippen LogP contribution is -2.42. The van der Waals surface area contributed by atoms with Gasteiger partial charge in [-0.1, -0.05) is 12.1 Å². The summed E-state index contributed by atoms with van der Waals surface area (Å²) in [6.45, 7) is 3.09. The summed E-state index contributed by atoms with van der Waals surface area (Å²) in [5, 5.41) is 3.27. The quantitative estimate of drug-likeness (QED) is 0.555. The minimum Gasteiger partial charge on any atom is -0.352 e. The third-order valence-electron chi connectivity index (χ3n) is 6.29. The number of rotatable bonds is 4. The van der Waals surface area contributed by atoms with Crippen LogP contribution in [0.15, 0.2) is 42.5 Å². The van der Waals surface area contributed by atoms with Gasteiger partial charge in [0.25, 0.3) is 0 Å². The standard InChI is InChI=1S/C23H22F7NO2/c1-12(14-6-16(22(25,26)27)8-17(7-14)23(28,29)30)33-21-20(13-2-4-18(24)5-3-13)19-10-31-9-15(19)11-32-21/h2-8,12,15,19-21,31H,9-11H2,1H3/t12-,15+,19+,20-,21+/m0/s1. The van der Waals surface area contributed by atoms with Crippen LogP contribution < -0.4 is 5.32 Å². The van der Waals surface area contributed by atoms with Crippen molar-refractivity contribution < 1.29 is 40.2 Å². The molecule has 0 aromatic heterocycles. The molecule has 0 saturated carbocycles. The van der Waals surface area contributed by atoms with Gasteiger partial charge in [-0.25, -0.2) is 4.39 Å². The van der Waals surface area contributed by atoms with Crippen molar-refractivity contribution in [2.75, 3.05) is 19.7 Å². The molecule has 1 N–H and O–H groups in total. The first-order valence-electron chi connectivity index (χ1n) is 10.5. The minimum atomic E-state index is -4.95. The van der Waals surface area contributed by atoms with Crippen LogP contribution in [0.5, 0.6) is 0 Å². The number of ether oxygens (including phenoxy) is 2. The average Bonchev–Trinajstić information content (AvgIpc) is 3.21. The Kier molecular flexibility index (Phi) is 6.45. The van der Waals surface area contributed by atoms with E-state index in [4.69, 9.17) is 9.47 Å². The highest BCUT2D eigenvalue weighted by molar-refractivity contribution is 5.35. The van der Waals surface area contributed by atoms with Gasteiger partial charge in [-0.3, -0.25) is 0 Å². The zero-order valence-corrected chi connectivity index (χ0v) is 17.5. The molecule has 0 aliphatic carbocycles. The molecule has 2 aliphatic heterocycles. The monoisotopic (exact) mass is 477 g/mol. The molecule has 0 amide bonds. The van der Waals surface area contributed by atoms with E-state index in [9.17, 15) is 30.7 Å². The smallest absolute Gasteiger partial charge is 0.352 e. The molecule has 0 unspecified atom stereocenters. The number of hydrogen-bond acceptors (Lipinski definition) is 3. The number of halogens is 7. The maximum Gasteiger partial charge on any atom is 0.416 e. The van der Waals surface area contributed by atoms with Crippen LogP contribution in [0.4, 0.5) is 30.7 Å². The van der Waals surface area contributed by atoms with Crippen molar-refractivity contribution in [1.82, 2.24) is 5.32 Å². The molecule has 2 heterocycles. The van der Waals surface area contributed by atoms with Gasteiger partial charge < -0.3 is 14.8 Å². The third kappa shape index (κ3) is 5.17. The van der Waals surface area contributed by atoms with Gasteiger partial charge in [0.1, 0.15) is 5.82 Å². The highest BCUT2D eigenvalue weighted by atomic mass is 19.4. The molecular weight excluding hydrogens is 455 g/mol. The molecule has 0 bridgehead atoms. The molecule has 33 heavy (non-hydrogen) atoms. The number of fused-ring (bicyclic) bond motifs is 1. The van der Waals surface area contributed by atoms with Crippen LogP contribution in [0.25, 0.3) is 0 Å². The van der Waals surface area contributed by atoms with Gasteiger partial charge in [-0.05, 0) is 66.8 Å². The molecule has 2 fully saturated rings. The predicted molar refractivity (Wildman–Crippen MR) is 105 cm³/mol. The summed E-state index contributed by atoms with van der Waals surface area (Å²) >= 11 is 0. The fourth-order valence-electron chi connectivity index (χ4n) is 4.59. The van der Waals surface area contributed by atoms with Crippen molar-refractivity contribution in [1.29, 1.82) is 0 Å². The molecule has 2 aromatic rings. The molecule has 5 atom stereocenters. The molecule has 2 aromatic carbocycles. The van der Waals surface area contributed by atoms with Crippen molar-refractivity contribution in [2.24, 2.45) is 11.8 Å². The largest absolute Gasteiger partial charge is 0.416 e. The minimum absolute atomic E-state index is 0.0636. The Morgan fingerprint density at radius 1 is 0.939 bits per heavy atom. The molecule has 4 rings (SSSR count). The Balaban J connectivity index is 1.65. The van der Waals surface area contributed by atoms with Crippen LogP contribution in [0.2, 0.25) is 0 Å². The first-order chi connectivity index (χ1) is 15.4. The lowest BCUT2D eigenvalue weighted by molar-refractivity contribution is -0.217. The third-order valence-corrected chi connectivity index (χ3v) is 6.29. The molecule has 180 valence electrons. The molecule has 0 spiro atoms. The summed E-state index contributed by atoms with van der Waals surface area (Å²) in [7, 11) is 0. The van der Waals surface area contributed by atoms with Crippen LogP contribution in [0.1, 0.15) is 41.2 Å². The molecule has 2 aliphatic rings. The number of nitrogens with one attached hydrogen (secondary N) is 1. The Hall–Kier alpha value is -2.17. The van der Waals surface area contributed by atoms with Crippen molar-refractivity contribution >= 4 is 0 Å². The molecule has 3 nitrogen and oxygen atoms in total. The number of alkyl halides is 6. The fourth-order valence-corrected chi connectivity index (χ4v) is 4.59. The van der Waals surface area contributed by atoms with Gasteiger partial charge in [-0.15, -0.1) is 0 Å². The van der Waals surface area contributed by atoms with Gasteiger partial charge in [-0.2, -0.15) is 26.3 Å². The average molecular weight is 477 g/mol. The lowest BCUT2D eigenvalue weighted by Gasteiger charge is -2.40. The van der Waals surface area contributed by atoms with Gasteiger partial charge in [0.2, 0.25) is 0 Å². The van der Waals surface area contributed by atoms with E-state index in [1.165, 1.54) is 19.1 Å². The van der Waals surface area contributed by atoms with E-state index in [0.29, 0.717) is 31.8 Å². The summed E-state index contributed by atoms with van der Waals surface area (Å²) in [4.78, 5) is 0. The van der Waals surface area contributed by atoms with E-state index in [1.54, 1.807) is 12.1 Å². The zero-order valence-electron chi connectivity index (χ0n) is 17.5. The second-order valence-electron chi connectivity index (χ2n) is 8.48. The maximum atomic E-state index is 13.5. The fraction of sp³-hybridized carbons (Fsp3) is 0.478. The summed E-state index contributed by atoms with van der Waals surface area (Å²) in [6, 6.07) is 7.19. The maximum absolute atomic E-state index is 13.5. The topological polar surface area (TPSA) is 30.5 Å². The molecule has 0 radical (unpaired) electrons. The van der Waals surface area contributed by atoms with Gasteiger partial charge in [0.15, 0.2) is 6.29 Å². The first-order valence-corrected chi connectivity index (χ1v) is 10.5. The van der Waals surface area contributed by atoms with Crippen molar-refractivity contribution in [3.05, 3.63) is 70.5 Å². The molecular formula is C23H22F7NO2. The summed E-state index contributed by atoms with van der Waals surface area (Å²) in [5.74, 6) is -0.560. The van der Waals surface area contributed by atoms with Crippen LogP contribution >= 0.6 is 0 Å². The molecule has 2 saturated heterocycles. The van der Waals surface area contributed by atoms with E-state index in [2.05, 4.69) is 5.32 Å². The van der Waals surface area contributed by atoms with Crippen LogP contribution in [-0.2, 0) is 21.8 Å². The van der Waals surface area contributed by atoms with Gasteiger partial charge >= 0.3 is 12.4 Å². The van der Waals surface area contributed by atoms with Gasteiger partial charge in [0, 0.05) is 12.5 Å². The Labute approximate surface area is 185 Å². The number of benzene rings is 2. The highest BCUT2D eigenvalue weighted by Gasteiger charge is 2.45. The summed E-state index contributed by atoms with van der Waals surface area (Å²) in [5.41, 5.74) is -2.33. The van der Waals surface area contributed by atoms with E-state index in [-0.39, 0.29) is 29.4 Å². The van der Waals surface area contributed by atoms with Crippen molar-refractivity contribution in [3.8, 4) is 0 Å². The van der Waals surface area contributed by atoms with Gasteiger partial charge in [0.05, 0.1) is 23.8 Å². The lowest BCUT2D eigenvalue weighted by atomic mass is 9.77. The second-order valence-corrected chi connectivity index (χ2v) is 8.48. The van der Waals surface area contributed by atoms with E-state index >= 15 is 0 Å². The summed E-state index contributed by atoms with van der Waals surface area (Å²) < 4.78 is 105. The summed E-state index contributed by atoms with van der Waals surface area (Å²) in [6.07, 6.45) is -11.9. The highest BCUT2D eigenvalue weighted by Crippen LogP contribution is 2.43. The Bertz CT molecular complexity index is 942. The van der Waals surface area contributed by atoms with Crippen LogP contribution in [0, 0.1) is 17.7 Å². The van der Waals surface area contributed by atoms with E-state index in [0.717, 1.165) is 5.56 Å². The first kappa shape index (κ1) is 24.0. The SMILES string of the molecule is C[C@H](O[C@H]1OC[C@H]2CNC[C@H]2[C@@H]1c1ccc(F)cc1)c1cc(C(F)(F)F)cc(C(F)(F)F)c1. The zero-order chi connectivity index (χ0) is 24.0. The van der Waals surface area contributed by atoms with E-state index in [1.807, 2.05) is 0 Å². The van der Waals surface area contributed by atoms with Crippen LogP contribution in [-0.4, -0.2) is 26.0 Å². The Morgan fingerprint density at radius 2 is 1.55 bits per heavy atom. The normalized spacial score (nSPS) is 26.8. The second kappa shape index (κ2) is 8.88. The van der Waals surface area contributed by atoms with Crippen molar-refractivity contribution in [2.45, 2.75) is 37.6 Å². The van der Waals surface area contributed by atoms with Crippen molar-refractivity contribution in [3.63, 3.8) is 0 Å². The Morgan fingerprint density at radius 3 is 2.12 bits per heavy atom. The molecule has 10 heteroatoms.